The van der Waals surface area contributed by atoms with E-state index in [2.05, 4.69) is 5.32 Å². The molecule has 0 saturated carbocycles. The molecule has 0 bridgehead atoms. The van der Waals surface area contributed by atoms with Crippen molar-refractivity contribution in [3.05, 3.63) is 101 Å². The first-order chi connectivity index (χ1) is 14.2. The maximum Gasteiger partial charge on any atom is 0.339 e. The van der Waals surface area contributed by atoms with Crippen molar-refractivity contribution in [3.8, 4) is 5.75 Å². The number of nitrogens with one attached hydrogen (secondary N) is 1. The molecule has 1 heterocycles. The number of rotatable bonds is 6. The van der Waals surface area contributed by atoms with Crippen molar-refractivity contribution in [2.24, 2.45) is 0 Å². The Bertz CT molecular complexity index is 999. The molecule has 4 rings (SSSR count). The highest BCUT2D eigenvalue weighted by atomic mass is 16.5. The lowest BCUT2D eigenvalue weighted by atomic mass is 9.98. The second-order valence-electron chi connectivity index (χ2n) is 6.89. The molecule has 1 N–H and O–H groups in total. The summed E-state index contributed by atoms with van der Waals surface area (Å²) in [6.45, 7) is 0.860. The molecule has 29 heavy (non-hydrogen) atoms. The van der Waals surface area contributed by atoms with Crippen LogP contribution >= 0.6 is 0 Å². The van der Waals surface area contributed by atoms with E-state index < -0.39 is 12.1 Å². The largest absolute Gasteiger partial charge is 0.489 e. The Balaban J connectivity index is 1.29. The van der Waals surface area contributed by atoms with Gasteiger partial charge < -0.3 is 14.8 Å². The van der Waals surface area contributed by atoms with Crippen LogP contribution in [0.25, 0.3) is 0 Å². The molecule has 0 spiro atoms. The smallest absolute Gasteiger partial charge is 0.339 e. The molecule has 0 radical (unpaired) electrons. The number of hydrogen-bond donors (Lipinski definition) is 1. The summed E-state index contributed by atoms with van der Waals surface area (Å²) in [7, 11) is 0. The quantitative estimate of drug-likeness (QED) is 0.656. The van der Waals surface area contributed by atoms with Gasteiger partial charge in [-0.1, -0.05) is 60.7 Å². The summed E-state index contributed by atoms with van der Waals surface area (Å²) in [5.41, 5.74) is 3.41. The highest BCUT2D eigenvalue weighted by Gasteiger charge is 2.30. The van der Waals surface area contributed by atoms with Gasteiger partial charge in [0.25, 0.3) is 5.91 Å². The van der Waals surface area contributed by atoms with Gasteiger partial charge in [0.15, 0.2) is 6.10 Å². The SMILES string of the molecule is O=C1OC(C(=O)NCc2ccc(OCc3ccccc3)cc2)Cc2ccccc21. The van der Waals surface area contributed by atoms with Gasteiger partial charge in [-0.25, -0.2) is 4.79 Å². The Labute approximate surface area is 169 Å². The molecule has 0 fully saturated rings. The standard InChI is InChI=1S/C24H21NO4/c26-23(22-14-19-8-4-5-9-21(19)24(27)29-22)25-15-17-10-12-20(13-11-17)28-16-18-6-2-1-3-7-18/h1-13,22H,14-16H2,(H,25,26). The number of esters is 1. The van der Waals surface area contributed by atoms with Gasteiger partial charge in [0, 0.05) is 13.0 Å². The molecule has 1 atom stereocenters. The fourth-order valence-corrected chi connectivity index (χ4v) is 3.23. The molecule has 5 heteroatoms. The predicted octanol–water partition coefficient (Wildman–Crippen LogP) is 3.66. The number of hydrogen-bond acceptors (Lipinski definition) is 4. The minimum absolute atomic E-state index is 0.294. The minimum Gasteiger partial charge on any atom is -0.489 e. The van der Waals surface area contributed by atoms with Gasteiger partial charge in [-0.05, 0) is 34.9 Å². The van der Waals surface area contributed by atoms with Crippen LogP contribution in [0.2, 0.25) is 0 Å². The lowest BCUT2D eigenvalue weighted by Gasteiger charge is -2.23. The van der Waals surface area contributed by atoms with E-state index in [-0.39, 0.29) is 5.91 Å². The van der Waals surface area contributed by atoms with Crippen molar-refractivity contribution in [2.75, 3.05) is 0 Å². The monoisotopic (exact) mass is 387 g/mol. The van der Waals surface area contributed by atoms with Crippen LogP contribution in [0.3, 0.4) is 0 Å². The Morgan fingerprint density at radius 3 is 2.45 bits per heavy atom. The Kier molecular flexibility index (Phi) is 5.56. The topological polar surface area (TPSA) is 64.6 Å². The highest BCUT2D eigenvalue weighted by Crippen LogP contribution is 2.21. The normalized spacial score (nSPS) is 15.2. The predicted molar refractivity (Wildman–Crippen MR) is 108 cm³/mol. The zero-order valence-electron chi connectivity index (χ0n) is 15.8. The lowest BCUT2D eigenvalue weighted by Crippen LogP contribution is -2.41. The van der Waals surface area contributed by atoms with Crippen LogP contribution in [-0.4, -0.2) is 18.0 Å². The van der Waals surface area contributed by atoms with Crippen LogP contribution in [0.15, 0.2) is 78.9 Å². The summed E-state index contributed by atoms with van der Waals surface area (Å²) in [6, 6.07) is 24.7. The van der Waals surface area contributed by atoms with E-state index in [0.29, 0.717) is 25.1 Å². The van der Waals surface area contributed by atoms with Gasteiger partial charge in [-0.2, -0.15) is 0 Å². The average Bonchev–Trinajstić information content (AvgIpc) is 2.77. The van der Waals surface area contributed by atoms with E-state index in [1.165, 1.54) is 0 Å². The van der Waals surface area contributed by atoms with E-state index in [1.54, 1.807) is 12.1 Å². The number of amides is 1. The Morgan fingerprint density at radius 2 is 1.66 bits per heavy atom. The van der Waals surface area contributed by atoms with E-state index in [1.807, 2.05) is 66.7 Å². The Hall–Kier alpha value is -3.60. The summed E-state index contributed by atoms with van der Waals surface area (Å²) in [5.74, 6) is 0.0194. The van der Waals surface area contributed by atoms with Gasteiger partial charge in [-0.15, -0.1) is 0 Å². The molecule has 0 aliphatic carbocycles. The molecule has 0 aromatic heterocycles. The molecule has 0 saturated heterocycles. The third-order valence-corrected chi connectivity index (χ3v) is 4.82. The number of cyclic esters (lactones) is 1. The summed E-state index contributed by atoms with van der Waals surface area (Å²) in [4.78, 5) is 24.5. The zero-order chi connectivity index (χ0) is 20.1. The van der Waals surface area contributed by atoms with Crippen LogP contribution in [-0.2, 0) is 29.1 Å². The molecule has 1 unspecified atom stereocenters. The van der Waals surface area contributed by atoms with Gasteiger partial charge in [0.2, 0.25) is 0 Å². The van der Waals surface area contributed by atoms with Crippen molar-refractivity contribution in [2.45, 2.75) is 25.7 Å². The van der Waals surface area contributed by atoms with E-state index in [0.717, 1.165) is 22.4 Å². The first-order valence-electron chi connectivity index (χ1n) is 9.51. The number of carbonyl (C=O) groups excluding carboxylic acids is 2. The fraction of sp³-hybridized carbons (Fsp3) is 0.167. The van der Waals surface area contributed by atoms with Crippen LogP contribution < -0.4 is 10.1 Å². The number of carbonyl (C=O) groups is 2. The molecule has 146 valence electrons. The second kappa shape index (κ2) is 8.61. The molecule has 1 amide bonds. The highest BCUT2D eigenvalue weighted by molar-refractivity contribution is 5.95. The van der Waals surface area contributed by atoms with Crippen LogP contribution in [0.1, 0.15) is 27.0 Å². The fourth-order valence-electron chi connectivity index (χ4n) is 3.23. The first kappa shape index (κ1) is 18.7. The van der Waals surface area contributed by atoms with Crippen molar-refractivity contribution in [1.29, 1.82) is 0 Å². The van der Waals surface area contributed by atoms with Crippen molar-refractivity contribution < 1.29 is 19.1 Å². The van der Waals surface area contributed by atoms with Crippen LogP contribution in [0, 0.1) is 0 Å². The van der Waals surface area contributed by atoms with Crippen molar-refractivity contribution in [1.82, 2.24) is 5.32 Å². The van der Waals surface area contributed by atoms with Crippen LogP contribution in [0.4, 0.5) is 0 Å². The molecule has 1 aliphatic heterocycles. The third-order valence-electron chi connectivity index (χ3n) is 4.82. The maximum absolute atomic E-state index is 12.4. The first-order valence-corrected chi connectivity index (χ1v) is 9.51. The van der Waals surface area contributed by atoms with E-state index >= 15 is 0 Å². The molecule has 3 aromatic carbocycles. The van der Waals surface area contributed by atoms with Gasteiger partial charge in [-0.3, -0.25) is 4.79 Å². The van der Waals surface area contributed by atoms with Crippen LogP contribution in [0.5, 0.6) is 5.75 Å². The molecule has 1 aliphatic rings. The number of ether oxygens (including phenoxy) is 2. The van der Waals surface area contributed by atoms with Gasteiger partial charge >= 0.3 is 5.97 Å². The maximum atomic E-state index is 12.4. The summed E-state index contributed by atoms with van der Waals surface area (Å²) in [5, 5.41) is 2.84. The van der Waals surface area contributed by atoms with Gasteiger partial charge in [0.05, 0.1) is 5.56 Å². The Morgan fingerprint density at radius 1 is 0.931 bits per heavy atom. The summed E-state index contributed by atoms with van der Waals surface area (Å²) < 4.78 is 11.1. The zero-order valence-corrected chi connectivity index (χ0v) is 15.8. The number of fused-ring (bicyclic) bond motifs is 1. The second-order valence-corrected chi connectivity index (χ2v) is 6.89. The summed E-state index contributed by atoms with van der Waals surface area (Å²) >= 11 is 0. The van der Waals surface area contributed by atoms with Crippen molar-refractivity contribution >= 4 is 11.9 Å². The van der Waals surface area contributed by atoms with Crippen molar-refractivity contribution in [3.63, 3.8) is 0 Å². The lowest BCUT2D eigenvalue weighted by molar-refractivity contribution is -0.130. The number of benzene rings is 3. The molecular weight excluding hydrogens is 366 g/mol. The molecule has 3 aromatic rings. The van der Waals surface area contributed by atoms with E-state index in [9.17, 15) is 9.59 Å². The minimum atomic E-state index is -0.800. The third kappa shape index (κ3) is 4.63. The van der Waals surface area contributed by atoms with Gasteiger partial charge in [0.1, 0.15) is 12.4 Å². The van der Waals surface area contributed by atoms with E-state index in [4.69, 9.17) is 9.47 Å². The summed E-state index contributed by atoms with van der Waals surface area (Å²) in [6.07, 6.45) is -0.411. The molecular formula is C24H21NO4. The average molecular weight is 387 g/mol. The molecule has 5 nitrogen and oxygen atoms in total.